The summed E-state index contributed by atoms with van der Waals surface area (Å²) in [6, 6.07) is 0.445. The number of carboxylic acids is 1. The van der Waals surface area contributed by atoms with E-state index in [1.807, 2.05) is 0 Å². The normalized spacial score (nSPS) is 27.9. The molecule has 1 saturated heterocycles. The predicted octanol–water partition coefficient (Wildman–Crippen LogP) is 0.587. The summed E-state index contributed by atoms with van der Waals surface area (Å²) in [6.45, 7) is 2.98. The summed E-state index contributed by atoms with van der Waals surface area (Å²) in [5.41, 5.74) is 0. The number of aliphatic carboxylic acids is 1. The minimum absolute atomic E-state index is 0.0981. The Bertz CT molecular complexity index is 267. The van der Waals surface area contributed by atoms with E-state index >= 15 is 0 Å². The zero-order chi connectivity index (χ0) is 12.3. The third kappa shape index (κ3) is 3.66. The average molecular weight is 243 g/mol. The molecule has 1 saturated carbocycles. The fourth-order valence-corrected chi connectivity index (χ4v) is 2.55. The Morgan fingerprint density at radius 2 is 2.35 bits per heavy atom. The molecule has 2 rings (SSSR count). The molecule has 2 fully saturated rings. The highest BCUT2D eigenvalue weighted by atomic mass is 16.5. The highest BCUT2D eigenvalue weighted by molar-refractivity contribution is 5.67. The second-order valence-electron chi connectivity index (χ2n) is 4.95. The Hall–Kier alpha value is -0.650. The molecule has 0 amide bonds. The van der Waals surface area contributed by atoms with Gasteiger partial charge < -0.3 is 14.6 Å². The lowest BCUT2D eigenvalue weighted by molar-refractivity contribution is -0.143. The third-order valence-corrected chi connectivity index (χ3v) is 3.55. The topological polar surface area (TPSA) is 59.0 Å². The smallest absolute Gasteiger partial charge is 0.306 e. The van der Waals surface area contributed by atoms with Gasteiger partial charge in [0, 0.05) is 26.2 Å². The summed E-state index contributed by atoms with van der Waals surface area (Å²) in [5, 5.41) is 8.79. The summed E-state index contributed by atoms with van der Waals surface area (Å²) in [7, 11) is 1.73. The van der Waals surface area contributed by atoms with Crippen LogP contribution in [0.2, 0.25) is 0 Å². The number of carbonyl (C=O) groups is 1. The zero-order valence-electron chi connectivity index (χ0n) is 10.3. The van der Waals surface area contributed by atoms with Crippen LogP contribution in [-0.2, 0) is 14.3 Å². The van der Waals surface area contributed by atoms with Crippen molar-refractivity contribution in [2.24, 2.45) is 5.92 Å². The van der Waals surface area contributed by atoms with Crippen LogP contribution in [-0.4, -0.2) is 61.5 Å². The second-order valence-corrected chi connectivity index (χ2v) is 4.95. The first kappa shape index (κ1) is 12.8. The second kappa shape index (κ2) is 5.80. The molecule has 0 aromatic carbocycles. The average Bonchev–Trinajstić information content (AvgIpc) is 3.09. The molecule has 1 aliphatic heterocycles. The standard InChI is InChI=1S/C12H21NO4/c1-16-8-11(9-2-3-9)13-4-5-17-10(7-13)6-12(14)15/h9-11H,2-8H2,1H3,(H,14,15). The van der Waals surface area contributed by atoms with E-state index < -0.39 is 5.97 Å². The summed E-state index contributed by atoms with van der Waals surface area (Å²) in [6.07, 6.45) is 2.48. The van der Waals surface area contributed by atoms with Crippen molar-refractivity contribution in [1.29, 1.82) is 0 Å². The first-order valence-corrected chi connectivity index (χ1v) is 6.27. The number of nitrogens with zero attached hydrogens (tertiary/aromatic N) is 1. The summed E-state index contributed by atoms with van der Waals surface area (Å²) in [4.78, 5) is 13.0. The van der Waals surface area contributed by atoms with Gasteiger partial charge in [0.1, 0.15) is 0 Å². The molecule has 2 atom stereocenters. The van der Waals surface area contributed by atoms with Crippen LogP contribution in [0.25, 0.3) is 0 Å². The maximum Gasteiger partial charge on any atom is 0.306 e. The number of hydrogen-bond acceptors (Lipinski definition) is 4. The SMILES string of the molecule is COCC(C1CC1)N1CCOC(CC(=O)O)C1. The van der Waals surface area contributed by atoms with Gasteiger partial charge in [-0.3, -0.25) is 9.69 Å². The molecule has 1 heterocycles. The van der Waals surface area contributed by atoms with Crippen LogP contribution in [0.1, 0.15) is 19.3 Å². The minimum Gasteiger partial charge on any atom is -0.481 e. The van der Waals surface area contributed by atoms with Gasteiger partial charge in [0.05, 0.1) is 25.7 Å². The van der Waals surface area contributed by atoms with Gasteiger partial charge in [-0.05, 0) is 18.8 Å². The highest BCUT2D eigenvalue weighted by Crippen LogP contribution is 2.36. The molecular formula is C12H21NO4. The molecule has 0 aromatic heterocycles. The van der Waals surface area contributed by atoms with Crippen LogP contribution in [0, 0.1) is 5.92 Å². The summed E-state index contributed by atoms with van der Waals surface area (Å²) in [5.74, 6) is -0.0508. The maximum absolute atomic E-state index is 10.7. The quantitative estimate of drug-likeness (QED) is 0.739. The van der Waals surface area contributed by atoms with E-state index in [0.717, 1.165) is 25.6 Å². The fraction of sp³-hybridized carbons (Fsp3) is 0.917. The van der Waals surface area contributed by atoms with Gasteiger partial charge in [0.25, 0.3) is 0 Å². The molecule has 2 unspecified atom stereocenters. The van der Waals surface area contributed by atoms with E-state index in [1.54, 1.807) is 7.11 Å². The molecule has 5 nitrogen and oxygen atoms in total. The third-order valence-electron chi connectivity index (χ3n) is 3.55. The van der Waals surface area contributed by atoms with E-state index in [-0.39, 0.29) is 12.5 Å². The Morgan fingerprint density at radius 1 is 1.59 bits per heavy atom. The van der Waals surface area contributed by atoms with Crippen molar-refractivity contribution >= 4 is 5.97 Å². The van der Waals surface area contributed by atoms with Gasteiger partial charge in [-0.2, -0.15) is 0 Å². The Labute approximate surface area is 102 Å². The van der Waals surface area contributed by atoms with Gasteiger partial charge in [0.15, 0.2) is 0 Å². The van der Waals surface area contributed by atoms with Gasteiger partial charge in [0.2, 0.25) is 0 Å². The first-order valence-electron chi connectivity index (χ1n) is 6.27. The van der Waals surface area contributed by atoms with E-state index in [4.69, 9.17) is 14.6 Å². The van der Waals surface area contributed by atoms with Crippen LogP contribution >= 0.6 is 0 Å². The van der Waals surface area contributed by atoms with E-state index in [9.17, 15) is 4.79 Å². The lowest BCUT2D eigenvalue weighted by atomic mass is 10.1. The predicted molar refractivity (Wildman–Crippen MR) is 62.0 cm³/mol. The van der Waals surface area contributed by atoms with Gasteiger partial charge in [-0.25, -0.2) is 0 Å². The summed E-state index contributed by atoms with van der Waals surface area (Å²) < 4.78 is 10.8. The number of hydrogen-bond donors (Lipinski definition) is 1. The maximum atomic E-state index is 10.7. The number of carboxylic acid groups (broad SMARTS) is 1. The van der Waals surface area contributed by atoms with Crippen molar-refractivity contribution in [3.63, 3.8) is 0 Å². The molecule has 0 bridgehead atoms. The molecule has 17 heavy (non-hydrogen) atoms. The van der Waals surface area contributed by atoms with Crippen LogP contribution < -0.4 is 0 Å². The van der Waals surface area contributed by atoms with Crippen molar-refractivity contribution < 1.29 is 19.4 Å². The lowest BCUT2D eigenvalue weighted by Crippen LogP contribution is -2.50. The molecule has 98 valence electrons. The van der Waals surface area contributed by atoms with Crippen LogP contribution in [0.15, 0.2) is 0 Å². The Balaban J connectivity index is 1.87. The van der Waals surface area contributed by atoms with Crippen molar-refractivity contribution in [2.45, 2.75) is 31.4 Å². The van der Waals surface area contributed by atoms with Crippen molar-refractivity contribution in [2.75, 3.05) is 33.4 Å². The molecule has 1 aliphatic carbocycles. The molecule has 0 aromatic rings. The van der Waals surface area contributed by atoms with E-state index in [1.165, 1.54) is 12.8 Å². The van der Waals surface area contributed by atoms with Crippen LogP contribution in [0.4, 0.5) is 0 Å². The summed E-state index contributed by atoms with van der Waals surface area (Å²) >= 11 is 0. The minimum atomic E-state index is -0.786. The van der Waals surface area contributed by atoms with Crippen LogP contribution in [0.5, 0.6) is 0 Å². The van der Waals surface area contributed by atoms with Crippen molar-refractivity contribution in [3.8, 4) is 0 Å². The van der Waals surface area contributed by atoms with Gasteiger partial charge in [-0.15, -0.1) is 0 Å². The number of methoxy groups -OCH3 is 1. The number of rotatable bonds is 6. The Morgan fingerprint density at radius 3 is 2.94 bits per heavy atom. The van der Waals surface area contributed by atoms with Crippen LogP contribution in [0.3, 0.4) is 0 Å². The molecule has 2 aliphatic rings. The zero-order valence-corrected chi connectivity index (χ0v) is 10.3. The van der Waals surface area contributed by atoms with E-state index in [2.05, 4.69) is 4.90 Å². The lowest BCUT2D eigenvalue weighted by Gasteiger charge is -2.37. The molecular weight excluding hydrogens is 222 g/mol. The first-order chi connectivity index (χ1) is 8.20. The van der Waals surface area contributed by atoms with E-state index in [0.29, 0.717) is 12.6 Å². The molecule has 0 spiro atoms. The molecule has 1 N–H and O–H groups in total. The largest absolute Gasteiger partial charge is 0.481 e. The number of ether oxygens (including phenoxy) is 2. The van der Waals surface area contributed by atoms with Gasteiger partial charge in [-0.1, -0.05) is 0 Å². The fourth-order valence-electron chi connectivity index (χ4n) is 2.55. The number of morpholine rings is 1. The van der Waals surface area contributed by atoms with Crippen molar-refractivity contribution in [1.82, 2.24) is 4.90 Å². The van der Waals surface area contributed by atoms with Crippen molar-refractivity contribution in [3.05, 3.63) is 0 Å². The molecule has 0 radical (unpaired) electrons. The molecule has 5 heteroatoms. The monoisotopic (exact) mass is 243 g/mol. The Kier molecular flexibility index (Phi) is 4.36. The highest BCUT2D eigenvalue weighted by Gasteiger charge is 2.37. The van der Waals surface area contributed by atoms with Gasteiger partial charge >= 0.3 is 5.97 Å².